The number of rotatable bonds is 27. The van der Waals surface area contributed by atoms with Crippen molar-refractivity contribution in [1.82, 2.24) is 0 Å². The minimum absolute atomic E-state index is 0.0146. The lowest BCUT2D eigenvalue weighted by Crippen LogP contribution is -3.61. The molecule has 0 spiro atoms. The second kappa shape index (κ2) is 55.9. The number of esters is 3. The maximum absolute atomic E-state index is 13.3. The van der Waals surface area contributed by atoms with Crippen molar-refractivity contribution in [2.45, 2.75) is 225 Å². The monoisotopic (exact) mass is 2750 g/mol. The molecular formula is C106H109F9I6O17S5. The van der Waals surface area contributed by atoms with Gasteiger partial charge in [0.1, 0.15) is 11.5 Å². The second-order valence-corrected chi connectivity index (χ2v) is 53.1. The average molecular weight is 2750 g/mol. The van der Waals surface area contributed by atoms with Crippen LogP contribution in [0.3, 0.4) is 0 Å². The molecule has 1 unspecified atom stereocenters. The van der Waals surface area contributed by atoms with Gasteiger partial charge in [0.05, 0.1) is 58.8 Å². The van der Waals surface area contributed by atoms with E-state index in [1.807, 2.05) is 45.2 Å². The zero-order valence-corrected chi connectivity index (χ0v) is 95.8. The summed E-state index contributed by atoms with van der Waals surface area (Å²) < 4.78 is 240. The van der Waals surface area contributed by atoms with Crippen LogP contribution in [0, 0.1) is 36.8 Å². The van der Waals surface area contributed by atoms with E-state index in [0.29, 0.717) is 43.7 Å². The van der Waals surface area contributed by atoms with Crippen LogP contribution in [-0.4, -0.2) is 111 Å². The van der Waals surface area contributed by atoms with Gasteiger partial charge in [-0.1, -0.05) is 240 Å². The molecule has 1 atom stereocenters. The summed E-state index contributed by atoms with van der Waals surface area (Å²) in [5.41, 5.74) is 4.25. The summed E-state index contributed by atoms with van der Waals surface area (Å²) >= 11 is 9.03. The van der Waals surface area contributed by atoms with Gasteiger partial charge in [0.25, 0.3) is 6.10 Å². The van der Waals surface area contributed by atoms with Crippen molar-refractivity contribution in [3.8, 4) is 11.5 Å². The van der Waals surface area contributed by atoms with Gasteiger partial charge in [-0.05, 0) is 342 Å². The van der Waals surface area contributed by atoms with Crippen LogP contribution in [-0.2, 0) is 77.2 Å². The minimum atomic E-state index is -6.72. The van der Waals surface area contributed by atoms with Crippen molar-refractivity contribution in [2.24, 2.45) is 11.8 Å². The molecule has 0 aromatic heterocycles. The fraction of sp³-hybridized carbons (Fsp3) is 0.349. The van der Waals surface area contributed by atoms with E-state index in [1.165, 1.54) is 130 Å². The Bertz CT molecular complexity index is 5940. The van der Waals surface area contributed by atoms with Gasteiger partial charge in [-0.2, -0.15) is 39.5 Å². The van der Waals surface area contributed by atoms with E-state index in [-0.39, 0.29) is 68.5 Å². The Morgan fingerprint density at radius 2 is 0.692 bits per heavy atom. The fourth-order valence-corrected chi connectivity index (χ4v) is 25.5. The van der Waals surface area contributed by atoms with Crippen molar-refractivity contribution in [3.63, 3.8) is 0 Å². The zero-order chi connectivity index (χ0) is 105. The fourth-order valence-electron chi connectivity index (χ4n) is 15.0. The van der Waals surface area contributed by atoms with E-state index in [9.17, 15) is 92.8 Å². The van der Waals surface area contributed by atoms with Gasteiger partial charge in [0, 0.05) is 10.7 Å². The molecule has 0 amide bonds. The molecule has 3 aliphatic carbocycles. The maximum Gasteiger partial charge on any atom is 0.432 e. The molecule has 37 heteroatoms. The smallest absolute Gasteiger partial charge is 0.432 e. The van der Waals surface area contributed by atoms with Crippen LogP contribution in [0.5, 0.6) is 11.5 Å². The number of hydrogen-bond donors (Lipinski definition) is 0. The van der Waals surface area contributed by atoms with Gasteiger partial charge >= 0.3 is 61.1 Å². The number of ether oxygens (including phenoxy) is 5. The summed E-state index contributed by atoms with van der Waals surface area (Å²) in [5.74, 6) is -1.66. The summed E-state index contributed by atoms with van der Waals surface area (Å²) in [4.78, 5) is 43.9. The van der Waals surface area contributed by atoms with E-state index in [4.69, 9.17) is 9.47 Å². The SMILES string of the molecule is CC(C)(C)c1ccc([I+]c2ccc(C(C)(C)C)cc2)cc1.O=C(OC(C(F)(F)F)C(F)(F)S(=O)(=O)[O-])c1cc(I)cc(I)c1I.O=C(OCC(F)(F)S(=O)(=O)[O-])c1ccc(I)c(OCC2CCCCC2)c1.O=C(OCC(F)(F)S(=O)(=O)[O-])c1ccc(I)c(OCC2CCCCC2)c1.c1ccc([S+](c2ccccc2)c2ccc(C3CCCCCCC3)cc2)cc1.c1ccc([S+](c2ccccc2)c2ccccc2)cc1. The summed E-state index contributed by atoms with van der Waals surface area (Å²) in [5, 5.41) is -15.2. The molecule has 0 aliphatic heterocycles. The lowest BCUT2D eigenvalue weighted by Gasteiger charge is -2.29. The Labute approximate surface area is 916 Å². The van der Waals surface area contributed by atoms with Gasteiger partial charge < -0.3 is 37.3 Å². The number of alkyl halides is 9. The standard InChI is InChI=1S/C26H29S.C20H26I.C18H15S.2C16H19F2IO6S.C10H4F5I3O5S/c1-2-6-12-22(13-7-3-1)23-18-20-26(21-19-23)27(24-14-8-4-9-15-24)25-16-10-5-11-17-25;1-19(2,3)15-7-11-17(12-8-15)21-18-13-9-16(10-14-18)20(4,5)6;1-4-10-16(11-5-1)19(17-12-6-2-7-13-17)18-14-8-3-9-15-18;2*17-16(18,26(21,22)23)10-25-15(20)12-6-7-13(19)14(8-12)24-9-11-4-2-1-3-5-11;11-9(12,13)8(10(14,15)24(20,21)22)23-7(19)4-1-3(16)2-5(17)6(4)18/h4-5,8-11,14-22H,1-3,6-7,12-13H2;7-14H,1-6H3;1-15H;2*6-8,11H,1-5,9-10H2,(H,21,22,23);1-2,8H,(H,20,21,22)/q3*+1;;;/p-3. The third-order valence-corrected chi connectivity index (χ3v) is 38.0. The lowest BCUT2D eigenvalue weighted by molar-refractivity contribution is -0.597. The van der Waals surface area contributed by atoms with Crippen molar-refractivity contribution >= 4 is 183 Å². The quantitative estimate of drug-likeness (QED) is 0.00880. The number of benzene rings is 11. The van der Waals surface area contributed by atoms with Crippen molar-refractivity contribution in [3.05, 3.63) is 331 Å². The van der Waals surface area contributed by atoms with E-state index in [0.717, 1.165) is 70.5 Å². The van der Waals surface area contributed by atoms with Crippen LogP contribution in [0.15, 0.2) is 302 Å². The van der Waals surface area contributed by atoms with Crippen LogP contribution in [0.4, 0.5) is 39.5 Å². The van der Waals surface area contributed by atoms with Crippen molar-refractivity contribution < 1.29 is 138 Å². The number of carbonyl (C=O) groups excluding carboxylic acids is 3. The molecule has 770 valence electrons. The molecule has 3 aliphatic rings. The van der Waals surface area contributed by atoms with Gasteiger partial charge in [-0.3, -0.25) is 0 Å². The number of hydrogen-bond acceptors (Lipinski definition) is 17. The molecule has 14 rings (SSSR count). The summed E-state index contributed by atoms with van der Waals surface area (Å²) in [6, 6.07) is 93.2. The predicted octanol–water partition coefficient (Wildman–Crippen LogP) is 25.6. The first-order valence-electron chi connectivity index (χ1n) is 45.6. The van der Waals surface area contributed by atoms with Crippen LogP contribution in [0.2, 0.25) is 0 Å². The highest BCUT2D eigenvalue weighted by Gasteiger charge is 2.63. The van der Waals surface area contributed by atoms with Crippen LogP contribution >= 0.6 is 113 Å². The molecule has 3 saturated carbocycles. The highest BCUT2D eigenvalue weighted by atomic mass is 127. The average Bonchev–Trinajstić information content (AvgIpc) is 0.767. The summed E-state index contributed by atoms with van der Waals surface area (Å²) in [7, 11) is -18.6. The molecule has 3 fully saturated rings. The highest BCUT2D eigenvalue weighted by molar-refractivity contribution is 14.1. The van der Waals surface area contributed by atoms with Crippen LogP contribution in [0.25, 0.3) is 0 Å². The molecule has 11 aromatic carbocycles. The number of carbonyl (C=O) groups is 3. The van der Waals surface area contributed by atoms with Crippen molar-refractivity contribution in [2.75, 3.05) is 26.4 Å². The summed E-state index contributed by atoms with van der Waals surface area (Å²) in [6.07, 6.45) is 10.8. The lowest BCUT2D eigenvalue weighted by atomic mass is 9.86. The van der Waals surface area contributed by atoms with Crippen molar-refractivity contribution in [1.29, 1.82) is 0 Å². The van der Waals surface area contributed by atoms with E-state index < -0.39 is 95.1 Å². The molecule has 17 nitrogen and oxygen atoms in total. The number of halogens is 15. The molecule has 0 bridgehead atoms. The third-order valence-electron chi connectivity index (χ3n) is 22.8. The first-order valence-corrected chi connectivity index (χ1v) is 59.8. The Hall–Kier alpha value is -6.39. The highest BCUT2D eigenvalue weighted by Crippen LogP contribution is 2.42. The van der Waals surface area contributed by atoms with E-state index in [1.54, 1.807) is 91.5 Å². The largest absolute Gasteiger partial charge is 0.743 e. The van der Waals surface area contributed by atoms with Crippen LogP contribution < -0.4 is 30.7 Å². The zero-order valence-electron chi connectivity index (χ0n) is 78.8. The Balaban J connectivity index is 0.000000192. The molecule has 0 saturated heterocycles. The van der Waals surface area contributed by atoms with Gasteiger partial charge in [-0.15, -0.1) is 0 Å². The van der Waals surface area contributed by atoms with Gasteiger partial charge in [0.2, 0.25) is 0 Å². The summed E-state index contributed by atoms with van der Waals surface area (Å²) in [6.45, 7) is 10.9. The van der Waals surface area contributed by atoms with Crippen LogP contribution in [0.1, 0.15) is 204 Å². The minimum Gasteiger partial charge on any atom is -0.743 e. The molecule has 0 radical (unpaired) electrons. The topological polar surface area (TPSA) is 269 Å². The Morgan fingerprint density at radius 3 is 1.01 bits per heavy atom. The molecule has 11 aromatic rings. The third kappa shape index (κ3) is 37.9. The Morgan fingerprint density at radius 1 is 0.378 bits per heavy atom. The molecule has 143 heavy (non-hydrogen) atoms. The predicted molar refractivity (Wildman–Crippen MR) is 573 cm³/mol. The van der Waals surface area contributed by atoms with E-state index in [2.05, 4.69) is 280 Å². The van der Waals surface area contributed by atoms with Gasteiger partial charge in [-0.25, -0.2) is 39.6 Å². The normalized spacial score (nSPS) is 14.6. The first kappa shape index (κ1) is 120. The first-order chi connectivity index (χ1) is 67.3. The molecular weight excluding hydrogens is 2640 g/mol. The Kier molecular flexibility index (Phi) is 47.0. The maximum atomic E-state index is 13.3. The van der Waals surface area contributed by atoms with Gasteiger partial charge in [0.15, 0.2) is 80.1 Å². The molecule has 0 N–H and O–H groups in total. The second-order valence-electron chi connectivity index (χ2n) is 35.7. The van der Waals surface area contributed by atoms with E-state index >= 15 is 0 Å². The molecule has 0 heterocycles.